The molecule has 7 heteroatoms. The predicted molar refractivity (Wildman–Crippen MR) is 97.6 cm³/mol. The lowest BCUT2D eigenvalue weighted by Crippen LogP contribution is -2.60. The number of ether oxygens (including phenoxy) is 1. The molecular formula is C20H25N3O4. The van der Waals surface area contributed by atoms with Gasteiger partial charge in [-0.1, -0.05) is 30.3 Å². The third-order valence-electron chi connectivity index (χ3n) is 6.00. The van der Waals surface area contributed by atoms with Crippen LogP contribution in [0, 0.1) is 11.8 Å². The summed E-state index contributed by atoms with van der Waals surface area (Å²) in [5, 5.41) is 8.11. The molecule has 4 amide bonds. The maximum Gasteiger partial charge on any atom is 0.322 e. The Morgan fingerprint density at radius 1 is 1.19 bits per heavy atom. The second-order valence-corrected chi connectivity index (χ2v) is 7.86. The van der Waals surface area contributed by atoms with Crippen LogP contribution >= 0.6 is 0 Å². The molecule has 27 heavy (non-hydrogen) atoms. The second kappa shape index (κ2) is 7.31. The van der Waals surface area contributed by atoms with Crippen molar-refractivity contribution in [1.29, 1.82) is 0 Å². The lowest BCUT2D eigenvalue weighted by molar-refractivity contribution is -0.137. The number of imide groups is 1. The van der Waals surface area contributed by atoms with Gasteiger partial charge in [0.25, 0.3) is 5.91 Å². The number of rotatable bonds is 5. The van der Waals surface area contributed by atoms with Gasteiger partial charge >= 0.3 is 6.03 Å². The van der Waals surface area contributed by atoms with Crippen molar-refractivity contribution in [2.75, 3.05) is 13.2 Å². The summed E-state index contributed by atoms with van der Waals surface area (Å²) < 4.78 is 5.45. The molecule has 0 bridgehead atoms. The van der Waals surface area contributed by atoms with E-state index in [1.807, 2.05) is 30.3 Å². The highest BCUT2D eigenvalue weighted by molar-refractivity contribution is 6.08. The molecule has 3 aliphatic rings. The highest BCUT2D eigenvalue weighted by atomic mass is 16.5. The summed E-state index contributed by atoms with van der Waals surface area (Å²) in [6, 6.07) is 9.48. The Morgan fingerprint density at radius 3 is 2.52 bits per heavy atom. The molecule has 3 N–H and O–H groups in total. The summed E-state index contributed by atoms with van der Waals surface area (Å²) in [6.07, 6.45) is 3.62. The maximum absolute atomic E-state index is 12.8. The van der Waals surface area contributed by atoms with E-state index < -0.39 is 11.6 Å². The zero-order valence-electron chi connectivity index (χ0n) is 15.2. The van der Waals surface area contributed by atoms with E-state index in [-0.39, 0.29) is 23.8 Å². The van der Waals surface area contributed by atoms with E-state index in [0.717, 1.165) is 38.0 Å². The highest BCUT2D eigenvalue weighted by Crippen LogP contribution is 2.40. The lowest BCUT2D eigenvalue weighted by Gasteiger charge is -2.41. The zero-order chi connectivity index (χ0) is 18.9. The van der Waals surface area contributed by atoms with Crippen molar-refractivity contribution in [3.63, 3.8) is 0 Å². The smallest absolute Gasteiger partial charge is 0.322 e. The first-order chi connectivity index (χ1) is 13.1. The first kappa shape index (κ1) is 18.0. The molecule has 7 nitrogen and oxygen atoms in total. The van der Waals surface area contributed by atoms with Crippen molar-refractivity contribution >= 4 is 17.8 Å². The van der Waals surface area contributed by atoms with E-state index in [2.05, 4.69) is 16.0 Å². The molecule has 2 aliphatic heterocycles. The molecule has 0 aromatic heterocycles. The van der Waals surface area contributed by atoms with Crippen LogP contribution in [0.2, 0.25) is 0 Å². The number of benzene rings is 1. The van der Waals surface area contributed by atoms with Crippen LogP contribution < -0.4 is 16.0 Å². The number of nitrogens with one attached hydrogen (secondary N) is 3. The van der Waals surface area contributed by atoms with E-state index in [9.17, 15) is 14.4 Å². The Labute approximate surface area is 158 Å². The molecule has 1 atom stereocenters. The standard InChI is InChI=1S/C20H25N3O4/c24-17(15-11-20(12-15)18(25)22-19(26)23-20)21-16(14-4-2-1-3-5-14)10-13-6-8-27-9-7-13/h1-5,13,15-16H,6-12H2,(H,21,24)(H2,22,23,25,26). The van der Waals surface area contributed by atoms with Crippen LogP contribution in [0.15, 0.2) is 30.3 Å². The van der Waals surface area contributed by atoms with Gasteiger partial charge in [0.2, 0.25) is 5.91 Å². The summed E-state index contributed by atoms with van der Waals surface area (Å²) in [5.41, 5.74) is 0.209. The van der Waals surface area contributed by atoms with Gasteiger partial charge in [-0.2, -0.15) is 0 Å². The molecule has 1 saturated carbocycles. The Balaban J connectivity index is 1.40. The monoisotopic (exact) mass is 371 g/mol. The molecule has 3 fully saturated rings. The van der Waals surface area contributed by atoms with E-state index >= 15 is 0 Å². The predicted octanol–water partition coefficient (Wildman–Crippen LogP) is 1.65. The minimum absolute atomic E-state index is 0.0458. The maximum atomic E-state index is 12.8. The molecule has 2 heterocycles. The van der Waals surface area contributed by atoms with Crippen molar-refractivity contribution < 1.29 is 19.1 Å². The van der Waals surface area contributed by atoms with Gasteiger partial charge in [0.05, 0.1) is 6.04 Å². The van der Waals surface area contributed by atoms with Crippen molar-refractivity contribution in [1.82, 2.24) is 16.0 Å². The van der Waals surface area contributed by atoms with Crippen LogP contribution in [0.25, 0.3) is 0 Å². The summed E-state index contributed by atoms with van der Waals surface area (Å²) >= 11 is 0. The van der Waals surface area contributed by atoms with Crippen LogP contribution in [0.5, 0.6) is 0 Å². The lowest BCUT2D eigenvalue weighted by atomic mass is 9.67. The highest BCUT2D eigenvalue weighted by Gasteiger charge is 2.57. The normalized spacial score (nSPS) is 29.0. The van der Waals surface area contributed by atoms with Crippen LogP contribution in [0.1, 0.15) is 43.7 Å². The number of hydrogen-bond donors (Lipinski definition) is 3. The minimum atomic E-state index is -0.887. The fourth-order valence-electron chi connectivity index (χ4n) is 4.35. The average molecular weight is 371 g/mol. The Bertz CT molecular complexity index is 724. The molecule has 1 aliphatic carbocycles. The van der Waals surface area contributed by atoms with Crippen molar-refractivity contribution in [3.8, 4) is 0 Å². The first-order valence-corrected chi connectivity index (χ1v) is 9.62. The topological polar surface area (TPSA) is 96.5 Å². The third-order valence-corrected chi connectivity index (χ3v) is 6.00. The summed E-state index contributed by atoms with van der Waals surface area (Å²) in [4.78, 5) is 36.1. The molecule has 0 radical (unpaired) electrons. The molecule has 2 saturated heterocycles. The fourth-order valence-corrected chi connectivity index (χ4v) is 4.35. The summed E-state index contributed by atoms with van der Waals surface area (Å²) in [5.74, 6) is -0.0965. The van der Waals surface area contributed by atoms with E-state index in [4.69, 9.17) is 4.74 Å². The SMILES string of the molecule is O=C1NC(=O)C2(CC(C(=O)NC(CC3CCOCC3)c3ccccc3)C2)N1. The van der Waals surface area contributed by atoms with Gasteiger partial charge in [-0.15, -0.1) is 0 Å². The number of hydrogen-bond acceptors (Lipinski definition) is 4. The van der Waals surface area contributed by atoms with Gasteiger partial charge < -0.3 is 15.4 Å². The van der Waals surface area contributed by atoms with Crippen molar-refractivity contribution in [3.05, 3.63) is 35.9 Å². The van der Waals surface area contributed by atoms with Crippen molar-refractivity contribution in [2.45, 2.75) is 43.7 Å². The molecule has 1 unspecified atom stereocenters. The minimum Gasteiger partial charge on any atom is -0.381 e. The quantitative estimate of drug-likeness (QED) is 0.686. The third kappa shape index (κ3) is 3.69. The van der Waals surface area contributed by atoms with E-state index in [1.54, 1.807) is 0 Å². The molecular weight excluding hydrogens is 346 g/mol. The van der Waals surface area contributed by atoms with Crippen LogP contribution in [0.3, 0.4) is 0 Å². The van der Waals surface area contributed by atoms with Gasteiger partial charge in [-0.3, -0.25) is 14.9 Å². The summed E-state index contributed by atoms with van der Waals surface area (Å²) in [6.45, 7) is 1.56. The molecule has 4 rings (SSSR count). The Kier molecular flexibility index (Phi) is 4.86. The van der Waals surface area contributed by atoms with Gasteiger partial charge in [0.1, 0.15) is 5.54 Å². The Hall–Kier alpha value is -2.41. The van der Waals surface area contributed by atoms with Gasteiger partial charge in [0, 0.05) is 19.1 Å². The molecule has 144 valence electrons. The van der Waals surface area contributed by atoms with Gasteiger partial charge in [-0.25, -0.2) is 4.79 Å². The van der Waals surface area contributed by atoms with Crippen LogP contribution in [-0.4, -0.2) is 36.6 Å². The van der Waals surface area contributed by atoms with Gasteiger partial charge in [-0.05, 0) is 43.6 Å². The zero-order valence-corrected chi connectivity index (χ0v) is 15.2. The first-order valence-electron chi connectivity index (χ1n) is 9.62. The van der Waals surface area contributed by atoms with E-state index in [1.165, 1.54) is 0 Å². The van der Waals surface area contributed by atoms with Crippen molar-refractivity contribution in [2.24, 2.45) is 11.8 Å². The average Bonchev–Trinajstić information content (AvgIpc) is 2.95. The molecule has 1 aromatic rings. The Morgan fingerprint density at radius 2 is 1.89 bits per heavy atom. The summed E-state index contributed by atoms with van der Waals surface area (Å²) in [7, 11) is 0. The molecule has 1 aromatic carbocycles. The largest absolute Gasteiger partial charge is 0.381 e. The van der Waals surface area contributed by atoms with E-state index in [0.29, 0.717) is 18.8 Å². The fraction of sp³-hybridized carbons (Fsp3) is 0.550. The van der Waals surface area contributed by atoms with Gasteiger partial charge in [0.15, 0.2) is 0 Å². The van der Waals surface area contributed by atoms with Crippen LogP contribution in [0.4, 0.5) is 4.79 Å². The molecule has 1 spiro atoms. The number of amides is 4. The second-order valence-electron chi connectivity index (χ2n) is 7.86. The number of carbonyl (C=O) groups is 3. The van der Waals surface area contributed by atoms with Crippen LogP contribution in [-0.2, 0) is 14.3 Å². The number of urea groups is 1. The number of carbonyl (C=O) groups excluding carboxylic acids is 3.